The Morgan fingerprint density at radius 2 is 1.92 bits per heavy atom. The lowest BCUT2D eigenvalue weighted by molar-refractivity contribution is -0.272. The largest absolute Gasteiger partial charge is 0.417 e. The van der Waals surface area contributed by atoms with Crippen LogP contribution >= 0.6 is 0 Å². The van der Waals surface area contributed by atoms with Crippen molar-refractivity contribution < 1.29 is 52.9 Å². The fourth-order valence-electron chi connectivity index (χ4n) is 4.40. The summed E-state index contributed by atoms with van der Waals surface area (Å²) >= 11 is 0. The van der Waals surface area contributed by atoms with E-state index >= 15 is 0 Å². The van der Waals surface area contributed by atoms with Crippen LogP contribution in [0.2, 0.25) is 0 Å². The second-order valence-corrected chi connectivity index (χ2v) is 10.7. The molecule has 0 bridgehead atoms. The van der Waals surface area contributed by atoms with Crippen LogP contribution in [0.15, 0.2) is 18.3 Å². The highest BCUT2D eigenvalue weighted by atomic mass is 32.2. The Balaban J connectivity index is 2.08. The summed E-state index contributed by atoms with van der Waals surface area (Å²) in [5.41, 5.74) is -3.95. The van der Waals surface area contributed by atoms with Gasteiger partial charge in [-0.1, -0.05) is 13.0 Å². The predicted molar refractivity (Wildman–Crippen MR) is 119 cm³/mol. The van der Waals surface area contributed by atoms with Gasteiger partial charge in [0.2, 0.25) is 0 Å². The molecule has 1 aliphatic heterocycles. The van der Waals surface area contributed by atoms with E-state index in [2.05, 4.69) is 14.6 Å². The summed E-state index contributed by atoms with van der Waals surface area (Å²) in [6, 6.07) is 1.65. The van der Waals surface area contributed by atoms with Crippen molar-refractivity contribution >= 4 is 21.7 Å². The first-order valence-corrected chi connectivity index (χ1v) is 12.9. The smallest absolute Gasteiger partial charge is 0.352 e. The van der Waals surface area contributed by atoms with Gasteiger partial charge in [0.1, 0.15) is 6.10 Å². The van der Waals surface area contributed by atoms with Gasteiger partial charge < -0.3 is 10.1 Å². The second kappa shape index (κ2) is 10.4. The van der Waals surface area contributed by atoms with Gasteiger partial charge in [-0.3, -0.25) is 8.98 Å². The normalized spacial score (nSPS) is 24.3. The molecule has 1 aromatic heterocycles. The highest BCUT2D eigenvalue weighted by Crippen LogP contribution is 2.54. The van der Waals surface area contributed by atoms with Crippen molar-refractivity contribution in [2.24, 2.45) is 5.92 Å². The maximum atomic E-state index is 14.9. The Hall–Kier alpha value is -2.72. The molecule has 2 heterocycles. The van der Waals surface area contributed by atoms with Crippen LogP contribution in [-0.4, -0.2) is 54.8 Å². The van der Waals surface area contributed by atoms with Gasteiger partial charge in [-0.05, 0) is 31.0 Å². The zero-order valence-corrected chi connectivity index (χ0v) is 21.3. The van der Waals surface area contributed by atoms with E-state index in [1.807, 2.05) is 0 Å². The van der Waals surface area contributed by atoms with Gasteiger partial charge in [0.25, 0.3) is 16.0 Å². The fourth-order valence-corrected chi connectivity index (χ4v) is 4.79. The van der Waals surface area contributed by atoms with E-state index in [4.69, 9.17) is 4.74 Å². The van der Waals surface area contributed by atoms with Gasteiger partial charge >= 0.3 is 12.7 Å². The molecular formula is C22H24F7N3O5S. The van der Waals surface area contributed by atoms with E-state index in [0.29, 0.717) is 13.0 Å². The van der Waals surface area contributed by atoms with Gasteiger partial charge in [-0.15, -0.1) is 0 Å². The van der Waals surface area contributed by atoms with E-state index in [9.17, 15) is 43.9 Å². The quantitative estimate of drug-likeness (QED) is 0.369. The number of nitrogens with one attached hydrogen (secondary N) is 1. The highest BCUT2D eigenvalue weighted by molar-refractivity contribution is 7.85. The number of hydrogen-bond acceptors (Lipinski definition) is 6. The standard InChI is InChI=1S/C22H24F7N3O5S/c1-10-16(12-5-6-14(23)17(24)13(12)7-8-36-38(4,34)35)18(37-21(10,3)22(27,28)29)19(33)30-15-9-32(20(25)26)31-11(15)2/h5-6,9-10,16,18,20H,7-8H2,1-4H3,(H,30,33)/t10-,16-,18+,21+/m0/s1. The first-order valence-electron chi connectivity index (χ1n) is 11.1. The molecule has 1 aromatic carbocycles. The van der Waals surface area contributed by atoms with Crippen molar-refractivity contribution in [3.8, 4) is 0 Å². The number of amides is 1. The highest BCUT2D eigenvalue weighted by Gasteiger charge is 2.65. The molecule has 0 spiro atoms. The molecule has 0 saturated carbocycles. The minimum atomic E-state index is -5.01. The summed E-state index contributed by atoms with van der Waals surface area (Å²) in [4.78, 5) is 13.2. The number of nitrogens with zero attached hydrogens (tertiary/aromatic N) is 2. The van der Waals surface area contributed by atoms with Crippen LogP contribution < -0.4 is 5.32 Å². The topological polar surface area (TPSA) is 99.5 Å². The molecule has 1 fully saturated rings. The predicted octanol–water partition coefficient (Wildman–Crippen LogP) is 4.46. The number of aryl methyl sites for hydroxylation is 1. The number of rotatable bonds is 8. The number of carbonyl (C=O) groups excluding carboxylic acids is 1. The molecule has 1 saturated heterocycles. The lowest BCUT2D eigenvalue weighted by Crippen LogP contribution is -2.47. The van der Waals surface area contributed by atoms with Crippen molar-refractivity contribution in [1.29, 1.82) is 0 Å². The number of carbonyl (C=O) groups is 1. The summed E-state index contributed by atoms with van der Waals surface area (Å²) in [6.07, 6.45) is -6.01. The van der Waals surface area contributed by atoms with Crippen LogP contribution in [-0.2, 0) is 30.3 Å². The molecule has 38 heavy (non-hydrogen) atoms. The lowest BCUT2D eigenvalue weighted by atomic mass is 9.75. The molecule has 212 valence electrons. The first-order chi connectivity index (χ1) is 17.4. The zero-order chi connectivity index (χ0) is 28.8. The SMILES string of the molecule is Cc1nn(C(F)F)cc1NC(=O)[C@@H]1O[C@@](C)(C(F)(F)F)[C@@H](C)[C@H]1c1ccc(F)c(F)c1CCOS(C)(=O)=O. The van der Waals surface area contributed by atoms with E-state index in [1.54, 1.807) is 0 Å². The number of halogens is 7. The third kappa shape index (κ3) is 5.81. The van der Waals surface area contributed by atoms with E-state index in [-0.39, 0.29) is 21.6 Å². The van der Waals surface area contributed by atoms with Crippen LogP contribution in [0.3, 0.4) is 0 Å². The maximum absolute atomic E-state index is 14.9. The fraction of sp³-hybridized carbons (Fsp3) is 0.545. The summed E-state index contributed by atoms with van der Waals surface area (Å²) < 4.78 is 130. The van der Waals surface area contributed by atoms with Crippen LogP contribution in [0.1, 0.15) is 43.1 Å². The molecule has 16 heteroatoms. The molecule has 0 radical (unpaired) electrons. The molecule has 1 amide bonds. The average Bonchev–Trinajstić information content (AvgIpc) is 3.28. The van der Waals surface area contributed by atoms with Crippen LogP contribution in [0.25, 0.3) is 0 Å². The number of benzene rings is 1. The molecule has 1 N–H and O–H groups in total. The molecule has 1 aliphatic rings. The molecule has 3 rings (SSSR count). The Morgan fingerprint density at radius 1 is 1.29 bits per heavy atom. The van der Waals surface area contributed by atoms with E-state index < -0.39 is 82.5 Å². The summed E-state index contributed by atoms with van der Waals surface area (Å²) in [7, 11) is -3.98. The molecule has 4 atom stereocenters. The lowest BCUT2D eigenvalue weighted by Gasteiger charge is -2.32. The molecule has 8 nitrogen and oxygen atoms in total. The molecule has 0 unspecified atom stereocenters. The third-order valence-corrected chi connectivity index (χ3v) is 7.14. The van der Waals surface area contributed by atoms with Gasteiger partial charge in [0, 0.05) is 18.3 Å². The van der Waals surface area contributed by atoms with Crippen molar-refractivity contribution in [2.75, 3.05) is 18.2 Å². The van der Waals surface area contributed by atoms with Crippen molar-refractivity contribution in [3.05, 3.63) is 46.8 Å². The Bertz CT molecular complexity index is 1320. The number of anilines is 1. The summed E-state index contributed by atoms with van der Waals surface area (Å²) in [5, 5.41) is 5.74. The van der Waals surface area contributed by atoms with E-state index in [1.165, 1.54) is 6.92 Å². The number of hydrogen-bond donors (Lipinski definition) is 1. The Morgan fingerprint density at radius 3 is 2.45 bits per heavy atom. The van der Waals surface area contributed by atoms with Crippen LogP contribution in [0.4, 0.5) is 36.4 Å². The Labute approximate surface area is 213 Å². The number of alkyl halides is 5. The summed E-state index contributed by atoms with van der Waals surface area (Å²) in [5.74, 6) is -7.04. The zero-order valence-electron chi connectivity index (χ0n) is 20.4. The molecule has 0 aliphatic carbocycles. The average molecular weight is 576 g/mol. The monoisotopic (exact) mass is 575 g/mol. The van der Waals surface area contributed by atoms with Crippen LogP contribution in [0.5, 0.6) is 0 Å². The minimum Gasteiger partial charge on any atom is -0.352 e. The molecular weight excluding hydrogens is 551 g/mol. The maximum Gasteiger partial charge on any atom is 0.417 e. The number of ether oxygens (including phenoxy) is 1. The van der Waals surface area contributed by atoms with Gasteiger partial charge in [-0.2, -0.15) is 35.5 Å². The second-order valence-electron chi connectivity index (χ2n) is 9.04. The van der Waals surface area contributed by atoms with Crippen molar-refractivity contribution in [2.45, 2.75) is 57.5 Å². The van der Waals surface area contributed by atoms with Crippen LogP contribution in [0, 0.1) is 24.5 Å². The van der Waals surface area contributed by atoms with Gasteiger partial charge in [0.15, 0.2) is 17.2 Å². The van der Waals surface area contributed by atoms with Crippen molar-refractivity contribution in [3.63, 3.8) is 0 Å². The summed E-state index contributed by atoms with van der Waals surface area (Å²) in [6.45, 7) is -0.622. The third-order valence-electron chi connectivity index (χ3n) is 6.54. The minimum absolute atomic E-state index is 0.0636. The van der Waals surface area contributed by atoms with Crippen molar-refractivity contribution in [1.82, 2.24) is 9.78 Å². The van der Waals surface area contributed by atoms with E-state index in [0.717, 1.165) is 25.4 Å². The Kier molecular flexibility index (Phi) is 8.20. The van der Waals surface area contributed by atoms with Gasteiger partial charge in [0.05, 0.1) is 30.4 Å². The first kappa shape index (κ1) is 29.8. The molecule has 2 aromatic rings. The number of aromatic nitrogens is 2. The van der Waals surface area contributed by atoms with Gasteiger partial charge in [-0.25, -0.2) is 13.5 Å².